The van der Waals surface area contributed by atoms with Crippen LogP contribution in [0.1, 0.15) is 45.4 Å². The van der Waals surface area contributed by atoms with Gasteiger partial charge in [-0.2, -0.15) is 0 Å². The largest absolute Gasteiger partial charge is 0.391 e. The van der Waals surface area contributed by atoms with Gasteiger partial charge in [0.2, 0.25) is 0 Å². The zero-order chi connectivity index (χ0) is 9.97. The van der Waals surface area contributed by atoms with Crippen molar-refractivity contribution >= 4 is 0 Å². The molecule has 0 aromatic carbocycles. The minimum atomic E-state index is -0.0385. The molecule has 2 fully saturated rings. The van der Waals surface area contributed by atoms with E-state index in [2.05, 4.69) is 11.8 Å². The van der Waals surface area contributed by atoms with Crippen LogP contribution >= 0.6 is 0 Å². The molecular formula is C12H23NO. The number of aliphatic hydroxyl groups is 1. The summed E-state index contributed by atoms with van der Waals surface area (Å²) in [5.41, 5.74) is 0. The number of aliphatic hydroxyl groups excluding tert-OH is 1. The van der Waals surface area contributed by atoms with Crippen molar-refractivity contribution in [3.8, 4) is 0 Å². The Labute approximate surface area is 87.3 Å². The molecule has 2 nitrogen and oxygen atoms in total. The lowest BCUT2D eigenvalue weighted by molar-refractivity contribution is 0.0722. The number of likely N-dealkylation sites (tertiary alicyclic amines) is 1. The second-order valence-corrected chi connectivity index (χ2v) is 5.14. The second-order valence-electron chi connectivity index (χ2n) is 5.14. The molecule has 2 aliphatic rings. The molecule has 0 spiro atoms. The zero-order valence-electron chi connectivity index (χ0n) is 9.28. The summed E-state index contributed by atoms with van der Waals surface area (Å²) in [6.45, 7) is 4.78. The van der Waals surface area contributed by atoms with Crippen LogP contribution in [0.2, 0.25) is 0 Å². The molecule has 0 amide bonds. The van der Waals surface area contributed by atoms with E-state index < -0.39 is 0 Å². The molecule has 0 radical (unpaired) electrons. The molecule has 1 aliphatic carbocycles. The Balaban J connectivity index is 1.90. The Kier molecular flexibility index (Phi) is 3.45. The normalized spacial score (nSPS) is 41.1. The minimum Gasteiger partial charge on any atom is -0.391 e. The van der Waals surface area contributed by atoms with Crippen LogP contribution in [-0.4, -0.2) is 35.2 Å². The van der Waals surface area contributed by atoms with Crippen molar-refractivity contribution in [2.45, 2.75) is 57.6 Å². The lowest BCUT2D eigenvalue weighted by Gasteiger charge is -2.29. The summed E-state index contributed by atoms with van der Waals surface area (Å²) in [7, 11) is 0. The molecule has 1 unspecified atom stereocenters. The van der Waals surface area contributed by atoms with Gasteiger partial charge in [0.05, 0.1) is 6.10 Å². The third kappa shape index (κ3) is 2.29. The molecule has 1 aliphatic heterocycles. The average Bonchev–Trinajstić information content (AvgIpc) is 2.46. The minimum absolute atomic E-state index is 0.0385. The highest BCUT2D eigenvalue weighted by molar-refractivity contribution is 4.86. The number of hydrogen-bond donors (Lipinski definition) is 1. The van der Waals surface area contributed by atoms with Crippen molar-refractivity contribution in [2.24, 2.45) is 5.92 Å². The van der Waals surface area contributed by atoms with Crippen LogP contribution in [0.3, 0.4) is 0 Å². The van der Waals surface area contributed by atoms with Gasteiger partial charge in [0.1, 0.15) is 0 Å². The maximum absolute atomic E-state index is 9.86. The van der Waals surface area contributed by atoms with Crippen LogP contribution < -0.4 is 0 Å². The molecule has 0 aromatic rings. The third-order valence-corrected chi connectivity index (χ3v) is 3.96. The fourth-order valence-corrected chi connectivity index (χ4v) is 2.96. The maximum Gasteiger partial charge on any atom is 0.0695 e. The summed E-state index contributed by atoms with van der Waals surface area (Å²) < 4.78 is 0. The third-order valence-electron chi connectivity index (χ3n) is 3.96. The smallest absolute Gasteiger partial charge is 0.0695 e. The van der Waals surface area contributed by atoms with Crippen molar-refractivity contribution in [2.75, 3.05) is 13.1 Å². The van der Waals surface area contributed by atoms with E-state index >= 15 is 0 Å². The van der Waals surface area contributed by atoms with Crippen molar-refractivity contribution in [1.29, 1.82) is 0 Å². The van der Waals surface area contributed by atoms with Crippen molar-refractivity contribution in [3.63, 3.8) is 0 Å². The first-order chi connectivity index (χ1) is 6.77. The molecule has 3 atom stereocenters. The number of nitrogens with zero attached hydrogens (tertiary/aromatic N) is 1. The van der Waals surface area contributed by atoms with Crippen LogP contribution in [0, 0.1) is 5.92 Å². The van der Waals surface area contributed by atoms with E-state index in [0.717, 1.165) is 12.3 Å². The second kappa shape index (κ2) is 4.63. The predicted octanol–water partition coefficient (Wildman–Crippen LogP) is 2.02. The molecule has 14 heavy (non-hydrogen) atoms. The van der Waals surface area contributed by atoms with Gasteiger partial charge in [-0.05, 0) is 57.5 Å². The first-order valence-electron chi connectivity index (χ1n) is 6.19. The Morgan fingerprint density at radius 1 is 1.00 bits per heavy atom. The van der Waals surface area contributed by atoms with E-state index in [9.17, 15) is 5.11 Å². The van der Waals surface area contributed by atoms with E-state index in [1.807, 2.05) is 0 Å². The van der Waals surface area contributed by atoms with Gasteiger partial charge in [0, 0.05) is 6.04 Å². The predicted molar refractivity (Wildman–Crippen MR) is 58.2 cm³/mol. The summed E-state index contributed by atoms with van der Waals surface area (Å²) in [5.74, 6) is 0.888. The fourth-order valence-electron chi connectivity index (χ4n) is 2.96. The summed E-state index contributed by atoms with van der Waals surface area (Å²) in [6.07, 6.45) is 7.44. The Morgan fingerprint density at radius 3 is 2.57 bits per heavy atom. The molecule has 1 saturated carbocycles. The topological polar surface area (TPSA) is 23.5 Å². The highest BCUT2D eigenvalue weighted by atomic mass is 16.3. The average molecular weight is 197 g/mol. The Morgan fingerprint density at radius 2 is 1.86 bits per heavy atom. The molecular weight excluding hydrogens is 174 g/mol. The summed E-state index contributed by atoms with van der Waals surface area (Å²) in [4.78, 5) is 2.54. The van der Waals surface area contributed by atoms with Crippen LogP contribution in [0.4, 0.5) is 0 Å². The van der Waals surface area contributed by atoms with E-state index in [0.29, 0.717) is 6.04 Å². The quantitative estimate of drug-likeness (QED) is 0.695. The first kappa shape index (κ1) is 10.4. The number of hydrogen-bond acceptors (Lipinski definition) is 2. The Bertz CT molecular complexity index is 183. The highest BCUT2D eigenvalue weighted by Gasteiger charge is 2.31. The van der Waals surface area contributed by atoms with Gasteiger partial charge < -0.3 is 5.11 Å². The van der Waals surface area contributed by atoms with Gasteiger partial charge in [0.15, 0.2) is 0 Å². The lowest BCUT2D eigenvalue weighted by Crippen LogP contribution is -2.40. The van der Waals surface area contributed by atoms with Gasteiger partial charge in [-0.15, -0.1) is 0 Å². The van der Waals surface area contributed by atoms with Gasteiger partial charge in [0.25, 0.3) is 0 Å². The molecule has 0 bridgehead atoms. The number of rotatable bonds is 1. The standard InChI is InChI=1S/C12H23NO/c1-10-4-3-8-13(9-7-10)11-5-2-6-12(11)14/h10-12,14H,2-9H2,1H3/t10?,11-,12-/m1/s1. The summed E-state index contributed by atoms with van der Waals surface area (Å²) in [6, 6.07) is 0.486. The summed E-state index contributed by atoms with van der Waals surface area (Å²) in [5, 5.41) is 9.86. The van der Waals surface area contributed by atoms with Crippen LogP contribution in [0.5, 0.6) is 0 Å². The molecule has 1 heterocycles. The van der Waals surface area contributed by atoms with E-state index in [-0.39, 0.29) is 6.10 Å². The molecule has 1 saturated heterocycles. The monoisotopic (exact) mass is 197 g/mol. The Hall–Kier alpha value is -0.0800. The van der Waals surface area contributed by atoms with Crippen LogP contribution in [-0.2, 0) is 0 Å². The fraction of sp³-hybridized carbons (Fsp3) is 1.00. The van der Waals surface area contributed by atoms with Crippen molar-refractivity contribution < 1.29 is 5.11 Å². The van der Waals surface area contributed by atoms with Gasteiger partial charge >= 0.3 is 0 Å². The molecule has 2 rings (SSSR count). The maximum atomic E-state index is 9.86. The molecule has 0 aromatic heterocycles. The molecule has 1 N–H and O–H groups in total. The van der Waals surface area contributed by atoms with E-state index in [4.69, 9.17) is 0 Å². The van der Waals surface area contributed by atoms with Crippen molar-refractivity contribution in [1.82, 2.24) is 4.90 Å². The zero-order valence-corrected chi connectivity index (χ0v) is 9.28. The van der Waals surface area contributed by atoms with Gasteiger partial charge in [-0.25, -0.2) is 0 Å². The van der Waals surface area contributed by atoms with E-state index in [1.54, 1.807) is 0 Å². The molecule has 2 heteroatoms. The van der Waals surface area contributed by atoms with Crippen molar-refractivity contribution in [3.05, 3.63) is 0 Å². The first-order valence-corrected chi connectivity index (χ1v) is 6.19. The highest BCUT2D eigenvalue weighted by Crippen LogP contribution is 2.27. The van der Waals surface area contributed by atoms with Gasteiger partial charge in [-0.3, -0.25) is 4.90 Å². The van der Waals surface area contributed by atoms with E-state index in [1.165, 1.54) is 45.2 Å². The SMILES string of the molecule is CC1CCCN([C@@H]2CCC[C@H]2O)CC1. The van der Waals surface area contributed by atoms with Crippen LogP contribution in [0.15, 0.2) is 0 Å². The molecule has 82 valence electrons. The lowest BCUT2D eigenvalue weighted by atomic mass is 10.0. The summed E-state index contributed by atoms with van der Waals surface area (Å²) >= 11 is 0. The van der Waals surface area contributed by atoms with Gasteiger partial charge in [-0.1, -0.05) is 6.92 Å². The van der Waals surface area contributed by atoms with Crippen LogP contribution in [0.25, 0.3) is 0 Å².